The van der Waals surface area contributed by atoms with Crippen molar-refractivity contribution in [2.24, 2.45) is 0 Å². The Morgan fingerprint density at radius 2 is 2.17 bits per heavy atom. The predicted octanol–water partition coefficient (Wildman–Crippen LogP) is 3.02. The van der Waals surface area contributed by atoms with E-state index in [0.717, 1.165) is 19.4 Å². The van der Waals surface area contributed by atoms with E-state index in [-0.39, 0.29) is 24.2 Å². The van der Waals surface area contributed by atoms with Crippen LogP contribution in [0, 0.1) is 0 Å². The van der Waals surface area contributed by atoms with E-state index in [0.29, 0.717) is 10.8 Å². The maximum absolute atomic E-state index is 11.9. The molecule has 2 heterocycles. The molecule has 2 atom stereocenters. The number of anilines is 1. The topological polar surface area (TPSA) is 76.6 Å². The van der Waals surface area contributed by atoms with Gasteiger partial charge in [-0.2, -0.15) is 4.98 Å². The first-order valence-electron chi connectivity index (χ1n) is 8.02. The van der Waals surface area contributed by atoms with Gasteiger partial charge in [0.2, 0.25) is 0 Å². The zero-order valence-corrected chi connectivity index (χ0v) is 15.6. The van der Waals surface area contributed by atoms with Gasteiger partial charge in [0.25, 0.3) is 0 Å². The van der Waals surface area contributed by atoms with Crippen LogP contribution in [0.3, 0.4) is 0 Å². The molecule has 0 aliphatic carbocycles. The number of alkyl carbamates (subject to hydrolysis) is 1. The summed E-state index contributed by atoms with van der Waals surface area (Å²) >= 11 is 6.23. The highest BCUT2D eigenvalue weighted by Gasteiger charge is 2.30. The zero-order chi connectivity index (χ0) is 17.9. The van der Waals surface area contributed by atoms with Crippen molar-refractivity contribution in [1.29, 1.82) is 0 Å². The average Bonchev–Trinajstić information content (AvgIpc) is 2.46. The van der Waals surface area contributed by atoms with Crippen molar-refractivity contribution in [2.75, 3.05) is 18.6 Å². The molecule has 134 valence electrons. The Kier molecular flexibility index (Phi) is 5.74. The lowest BCUT2D eigenvalue weighted by Gasteiger charge is -2.39. The van der Waals surface area contributed by atoms with Crippen LogP contribution in [0.4, 0.5) is 10.6 Å². The number of hydrogen-bond acceptors (Lipinski definition) is 6. The van der Waals surface area contributed by atoms with E-state index in [1.165, 1.54) is 7.11 Å². The summed E-state index contributed by atoms with van der Waals surface area (Å²) < 4.78 is 10.4. The Hall–Kier alpha value is -1.76. The summed E-state index contributed by atoms with van der Waals surface area (Å²) in [7, 11) is 1.52. The van der Waals surface area contributed by atoms with Crippen molar-refractivity contribution in [3.8, 4) is 6.01 Å². The van der Waals surface area contributed by atoms with E-state index in [9.17, 15) is 4.79 Å². The summed E-state index contributed by atoms with van der Waals surface area (Å²) in [5.74, 6) is 0.659. The lowest BCUT2D eigenvalue weighted by Crippen LogP contribution is -2.50. The molecule has 1 N–H and O–H groups in total. The van der Waals surface area contributed by atoms with Crippen molar-refractivity contribution in [2.45, 2.75) is 58.2 Å². The van der Waals surface area contributed by atoms with Gasteiger partial charge >= 0.3 is 12.1 Å². The Morgan fingerprint density at radius 1 is 1.46 bits per heavy atom. The molecular formula is C16H25ClN4O3. The van der Waals surface area contributed by atoms with Gasteiger partial charge in [0.15, 0.2) is 5.82 Å². The number of amides is 1. The largest absolute Gasteiger partial charge is 0.467 e. The Labute approximate surface area is 147 Å². The lowest BCUT2D eigenvalue weighted by molar-refractivity contribution is 0.0494. The summed E-state index contributed by atoms with van der Waals surface area (Å²) in [6.07, 6.45) is 2.73. The molecule has 0 bridgehead atoms. The van der Waals surface area contributed by atoms with E-state index >= 15 is 0 Å². The molecule has 8 heteroatoms. The molecule has 1 aromatic rings. The number of aromatic nitrogens is 2. The van der Waals surface area contributed by atoms with Gasteiger partial charge in [-0.3, -0.25) is 0 Å². The first-order chi connectivity index (χ1) is 11.2. The maximum Gasteiger partial charge on any atom is 0.407 e. The van der Waals surface area contributed by atoms with Gasteiger partial charge in [0, 0.05) is 18.6 Å². The Balaban J connectivity index is 1.99. The van der Waals surface area contributed by atoms with E-state index in [1.807, 2.05) is 20.8 Å². The molecule has 2 unspecified atom stereocenters. The van der Waals surface area contributed by atoms with Crippen molar-refractivity contribution >= 4 is 23.5 Å². The number of nitrogens with zero attached hydrogens (tertiary/aromatic N) is 3. The molecule has 1 aliphatic heterocycles. The fourth-order valence-corrected chi connectivity index (χ4v) is 2.93. The van der Waals surface area contributed by atoms with Crippen LogP contribution in [0.25, 0.3) is 0 Å². The van der Waals surface area contributed by atoms with Crippen LogP contribution in [0.1, 0.15) is 40.5 Å². The van der Waals surface area contributed by atoms with E-state index < -0.39 is 5.60 Å². The van der Waals surface area contributed by atoms with Crippen molar-refractivity contribution in [3.63, 3.8) is 0 Å². The minimum absolute atomic E-state index is 0.0635. The van der Waals surface area contributed by atoms with E-state index in [2.05, 4.69) is 27.1 Å². The number of piperidine rings is 1. The van der Waals surface area contributed by atoms with Crippen molar-refractivity contribution < 1.29 is 14.3 Å². The standard InChI is InChI=1S/C16H25ClN4O3/c1-10-8-11(19-15(22)24-16(2,3)4)6-7-21(10)13-12(17)9-18-14(20-13)23-5/h9-11H,6-8H2,1-5H3,(H,19,22). The number of nitrogens with one attached hydrogen (secondary N) is 1. The third-order valence-electron chi connectivity index (χ3n) is 3.76. The second kappa shape index (κ2) is 7.42. The van der Waals surface area contributed by atoms with Crippen LogP contribution in [-0.2, 0) is 4.74 Å². The van der Waals surface area contributed by atoms with Gasteiger partial charge in [-0.05, 0) is 40.5 Å². The number of methoxy groups -OCH3 is 1. The van der Waals surface area contributed by atoms with Gasteiger partial charge in [-0.25, -0.2) is 9.78 Å². The highest BCUT2D eigenvalue weighted by atomic mass is 35.5. The Bertz CT molecular complexity index is 591. The molecule has 1 amide bonds. The first-order valence-corrected chi connectivity index (χ1v) is 8.40. The Morgan fingerprint density at radius 3 is 2.75 bits per heavy atom. The second-order valence-corrected chi connectivity index (χ2v) is 7.35. The van der Waals surface area contributed by atoms with Gasteiger partial charge < -0.3 is 19.7 Å². The second-order valence-electron chi connectivity index (χ2n) is 6.94. The lowest BCUT2D eigenvalue weighted by atomic mass is 9.98. The van der Waals surface area contributed by atoms with Gasteiger partial charge in [0.05, 0.1) is 13.3 Å². The predicted molar refractivity (Wildman–Crippen MR) is 92.8 cm³/mol. The summed E-state index contributed by atoms with van der Waals surface area (Å²) in [5, 5.41) is 3.42. The number of halogens is 1. The number of ether oxygens (including phenoxy) is 2. The summed E-state index contributed by atoms with van der Waals surface area (Å²) in [5.41, 5.74) is -0.499. The average molecular weight is 357 g/mol. The smallest absolute Gasteiger partial charge is 0.407 e. The van der Waals surface area contributed by atoms with Crippen LogP contribution in [0.5, 0.6) is 6.01 Å². The molecule has 0 spiro atoms. The minimum atomic E-state index is -0.499. The van der Waals surface area contributed by atoms with E-state index in [1.54, 1.807) is 6.20 Å². The molecule has 0 saturated carbocycles. The van der Waals surface area contributed by atoms with Crippen LogP contribution in [0.2, 0.25) is 5.02 Å². The quantitative estimate of drug-likeness (QED) is 0.897. The third-order valence-corrected chi connectivity index (χ3v) is 4.02. The number of carbonyl (C=O) groups is 1. The van der Waals surface area contributed by atoms with Gasteiger partial charge in [-0.1, -0.05) is 11.6 Å². The minimum Gasteiger partial charge on any atom is -0.467 e. The number of hydrogen-bond donors (Lipinski definition) is 1. The fraction of sp³-hybridized carbons (Fsp3) is 0.688. The molecule has 1 saturated heterocycles. The molecule has 1 aromatic heterocycles. The summed E-state index contributed by atoms with van der Waals surface area (Å²) in [4.78, 5) is 22.4. The normalized spacial score (nSPS) is 21.3. The SMILES string of the molecule is COc1ncc(Cl)c(N2CCC(NC(=O)OC(C)(C)C)CC2C)n1. The number of carbonyl (C=O) groups excluding carboxylic acids is 1. The summed E-state index contributed by atoms with van der Waals surface area (Å²) in [6, 6.07) is 0.514. The summed E-state index contributed by atoms with van der Waals surface area (Å²) in [6.45, 7) is 8.35. The highest BCUT2D eigenvalue weighted by Crippen LogP contribution is 2.30. The fourth-order valence-electron chi connectivity index (χ4n) is 2.73. The molecule has 24 heavy (non-hydrogen) atoms. The van der Waals surface area contributed by atoms with Crippen LogP contribution < -0.4 is 15.0 Å². The van der Waals surface area contributed by atoms with Crippen molar-refractivity contribution in [3.05, 3.63) is 11.2 Å². The van der Waals surface area contributed by atoms with Crippen LogP contribution >= 0.6 is 11.6 Å². The zero-order valence-electron chi connectivity index (χ0n) is 14.8. The third kappa shape index (κ3) is 4.87. The molecule has 7 nitrogen and oxygen atoms in total. The van der Waals surface area contributed by atoms with E-state index in [4.69, 9.17) is 21.1 Å². The number of rotatable bonds is 3. The molecule has 0 radical (unpaired) electrons. The van der Waals surface area contributed by atoms with Crippen LogP contribution in [-0.4, -0.2) is 47.4 Å². The molecule has 0 aromatic carbocycles. The molecule has 1 fully saturated rings. The van der Waals surface area contributed by atoms with Crippen LogP contribution in [0.15, 0.2) is 6.20 Å². The molecule has 2 rings (SSSR count). The molecule has 1 aliphatic rings. The first kappa shape index (κ1) is 18.6. The van der Waals surface area contributed by atoms with Crippen molar-refractivity contribution in [1.82, 2.24) is 15.3 Å². The highest BCUT2D eigenvalue weighted by molar-refractivity contribution is 6.32. The maximum atomic E-state index is 11.9. The van der Waals surface area contributed by atoms with Gasteiger partial charge in [-0.15, -0.1) is 0 Å². The monoisotopic (exact) mass is 356 g/mol. The van der Waals surface area contributed by atoms with Gasteiger partial charge in [0.1, 0.15) is 10.6 Å². The molecular weight excluding hydrogens is 332 g/mol.